The van der Waals surface area contributed by atoms with Crippen LogP contribution in [0.15, 0.2) is 24.0 Å². The second-order valence-electron chi connectivity index (χ2n) is 2.74. The zero-order chi connectivity index (χ0) is 15.6. The van der Waals surface area contributed by atoms with Crippen LogP contribution in [0.4, 0.5) is 48.3 Å². The highest BCUT2D eigenvalue weighted by atomic mass is 19.3. The summed E-state index contributed by atoms with van der Waals surface area (Å²) in [5.74, 6) is -16.8. The van der Waals surface area contributed by atoms with Crippen LogP contribution >= 0.6 is 0 Å². The summed E-state index contributed by atoms with van der Waals surface area (Å²) in [6, 6.07) is -3.28. The minimum Gasteiger partial charge on any atom is -0.425 e. The van der Waals surface area contributed by atoms with Crippen molar-refractivity contribution >= 4 is 0 Å². The van der Waals surface area contributed by atoms with Crippen molar-refractivity contribution in [3.05, 3.63) is 24.0 Å². The van der Waals surface area contributed by atoms with Crippen molar-refractivity contribution in [3.8, 4) is 0 Å². The third-order valence-electron chi connectivity index (χ3n) is 1.50. The van der Waals surface area contributed by atoms with E-state index < -0.39 is 42.2 Å². The molecule has 0 aliphatic carbocycles. The lowest BCUT2D eigenvalue weighted by molar-refractivity contribution is -0.282. The van der Waals surface area contributed by atoms with Gasteiger partial charge in [-0.1, -0.05) is 0 Å². The molecule has 0 spiro atoms. The summed E-state index contributed by atoms with van der Waals surface area (Å²) in [6.07, 6.45) is -12.2. The van der Waals surface area contributed by atoms with E-state index in [1.54, 1.807) is 0 Å². The predicted molar refractivity (Wildman–Crippen MR) is 36.6 cm³/mol. The Labute approximate surface area is 96.5 Å². The van der Waals surface area contributed by atoms with Gasteiger partial charge in [-0.2, -0.15) is 48.3 Å². The van der Waals surface area contributed by atoms with Gasteiger partial charge in [0.15, 0.2) is 0 Å². The standard InChI is InChI=1S/C7HF11O/c8-1(2(9)10)6(15,16)7(17,18)5(14)19-4(13)3(11)12/h5H. The average Bonchev–Trinajstić information content (AvgIpc) is 2.26. The van der Waals surface area contributed by atoms with Gasteiger partial charge in [-0.15, -0.1) is 0 Å². The van der Waals surface area contributed by atoms with Crippen LogP contribution in [0.5, 0.6) is 0 Å². The Morgan fingerprint density at radius 1 is 0.789 bits per heavy atom. The number of hydrogen-bond acceptors (Lipinski definition) is 1. The summed E-state index contributed by atoms with van der Waals surface area (Å²) in [5, 5.41) is 0. The average molecular weight is 310 g/mol. The van der Waals surface area contributed by atoms with Gasteiger partial charge in [0.1, 0.15) is 0 Å². The molecule has 0 aromatic carbocycles. The lowest BCUT2D eigenvalue weighted by atomic mass is 10.1. The maximum absolute atomic E-state index is 12.5. The van der Waals surface area contributed by atoms with Crippen molar-refractivity contribution in [2.45, 2.75) is 18.2 Å². The largest absolute Gasteiger partial charge is 0.425 e. The summed E-state index contributed by atoms with van der Waals surface area (Å²) >= 11 is 0. The number of halogens is 11. The van der Waals surface area contributed by atoms with Crippen LogP contribution < -0.4 is 0 Å². The van der Waals surface area contributed by atoms with Gasteiger partial charge in [-0.05, 0) is 0 Å². The molecule has 1 unspecified atom stereocenters. The molecule has 0 rings (SSSR count). The lowest BCUT2D eigenvalue weighted by Gasteiger charge is -2.26. The molecule has 0 aliphatic rings. The third-order valence-corrected chi connectivity index (χ3v) is 1.50. The van der Waals surface area contributed by atoms with Gasteiger partial charge in [-0.25, -0.2) is 0 Å². The molecular formula is C7HF11O. The zero-order valence-corrected chi connectivity index (χ0v) is 8.14. The third kappa shape index (κ3) is 3.50. The molecule has 0 saturated heterocycles. The molecule has 12 heteroatoms. The molecule has 0 heterocycles. The van der Waals surface area contributed by atoms with Gasteiger partial charge in [0.05, 0.1) is 0 Å². The first-order valence-corrected chi connectivity index (χ1v) is 3.84. The van der Waals surface area contributed by atoms with Gasteiger partial charge in [0, 0.05) is 0 Å². The van der Waals surface area contributed by atoms with Crippen LogP contribution in [0.3, 0.4) is 0 Å². The molecular weight excluding hydrogens is 309 g/mol. The summed E-state index contributed by atoms with van der Waals surface area (Å²) in [6.45, 7) is 0. The molecule has 0 fully saturated rings. The fourth-order valence-corrected chi connectivity index (χ4v) is 0.617. The van der Waals surface area contributed by atoms with E-state index in [0.717, 1.165) is 0 Å². The summed E-state index contributed by atoms with van der Waals surface area (Å²) in [7, 11) is 0. The minimum absolute atomic E-state index is 2.42. The van der Waals surface area contributed by atoms with Crippen molar-refractivity contribution < 1.29 is 53.0 Å². The second kappa shape index (κ2) is 5.65. The Bertz CT molecular complexity index is 390. The van der Waals surface area contributed by atoms with Crippen molar-refractivity contribution in [2.24, 2.45) is 0 Å². The predicted octanol–water partition coefficient (Wildman–Crippen LogP) is 4.68. The fourth-order valence-electron chi connectivity index (χ4n) is 0.617. The molecule has 112 valence electrons. The smallest absolute Gasteiger partial charge is 0.382 e. The number of rotatable bonds is 5. The van der Waals surface area contributed by atoms with E-state index in [-0.39, 0.29) is 0 Å². The highest BCUT2D eigenvalue weighted by Gasteiger charge is 2.68. The van der Waals surface area contributed by atoms with E-state index in [1.165, 1.54) is 0 Å². The van der Waals surface area contributed by atoms with Crippen LogP contribution in [-0.4, -0.2) is 18.2 Å². The second-order valence-corrected chi connectivity index (χ2v) is 2.74. The first-order chi connectivity index (χ1) is 8.35. The Hall–Kier alpha value is -1.49. The van der Waals surface area contributed by atoms with Crippen molar-refractivity contribution in [3.63, 3.8) is 0 Å². The molecule has 1 nitrogen and oxygen atoms in total. The molecule has 1 atom stereocenters. The normalized spacial score (nSPS) is 13.8. The van der Waals surface area contributed by atoms with Gasteiger partial charge >= 0.3 is 36.4 Å². The van der Waals surface area contributed by atoms with E-state index >= 15 is 0 Å². The maximum Gasteiger partial charge on any atom is 0.382 e. The minimum atomic E-state index is -6.43. The van der Waals surface area contributed by atoms with E-state index in [1.807, 2.05) is 0 Å². The summed E-state index contributed by atoms with van der Waals surface area (Å²) < 4.78 is 134. The van der Waals surface area contributed by atoms with Crippen LogP contribution in [0.2, 0.25) is 0 Å². The highest BCUT2D eigenvalue weighted by molar-refractivity contribution is 5.12. The molecule has 0 bridgehead atoms. The molecule has 19 heavy (non-hydrogen) atoms. The van der Waals surface area contributed by atoms with Crippen LogP contribution in [-0.2, 0) is 4.74 Å². The Morgan fingerprint density at radius 3 is 1.53 bits per heavy atom. The Kier molecular flexibility index (Phi) is 5.21. The highest BCUT2D eigenvalue weighted by Crippen LogP contribution is 2.46. The molecule has 0 aliphatic heterocycles. The summed E-state index contributed by atoms with van der Waals surface area (Å²) in [4.78, 5) is 0. The fraction of sp³-hybridized carbons (Fsp3) is 0.429. The van der Waals surface area contributed by atoms with Crippen LogP contribution in [0.1, 0.15) is 0 Å². The van der Waals surface area contributed by atoms with Gasteiger partial charge in [0.25, 0.3) is 0 Å². The molecule has 0 aromatic heterocycles. The topological polar surface area (TPSA) is 9.23 Å². The Morgan fingerprint density at radius 2 is 1.21 bits per heavy atom. The van der Waals surface area contributed by atoms with Gasteiger partial charge in [-0.3, -0.25) is 0 Å². The first-order valence-electron chi connectivity index (χ1n) is 3.84. The molecule has 0 radical (unpaired) electrons. The maximum atomic E-state index is 12.5. The zero-order valence-electron chi connectivity index (χ0n) is 8.14. The Balaban J connectivity index is 5.38. The van der Waals surface area contributed by atoms with E-state index in [0.29, 0.717) is 0 Å². The van der Waals surface area contributed by atoms with Gasteiger partial charge in [0.2, 0.25) is 5.83 Å². The van der Waals surface area contributed by atoms with E-state index in [4.69, 9.17) is 0 Å². The van der Waals surface area contributed by atoms with Crippen LogP contribution in [0.25, 0.3) is 0 Å². The van der Waals surface area contributed by atoms with E-state index in [2.05, 4.69) is 4.74 Å². The van der Waals surface area contributed by atoms with Crippen molar-refractivity contribution in [1.82, 2.24) is 0 Å². The first kappa shape index (κ1) is 17.5. The number of hydrogen-bond donors (Lipinski definition) is 0. The molecule has 0 saturated carbocycles. The lowest BCUT2D eigenvalue weighted by Crippen LogP contribution is -2.49. The summed E-state index contributed by atoms with van der Waals surface area (Å²) in [5.41, 5.74) is 0. The molecule has 0 amide bonds. The van der Waals surface area contributed by atoms with Crippen molar-refractivity contribution in [2.75, 3.05) is 0 Å². The number of alkyl halides is 5. The quantitative estimate of drug-likeness (QED) is 0.529. The van der Waals surface area contributed by atoms with Gasteiger partial charge < -0.3 is 4.74 Å². The van der Waals surface area contributed by atoms with Crippen molar-refractivity contribution in [1.29, 1.82) is 0 Å². The van der Waals surface area contributed by atoms with E-state index in [9.17, 15) is 48.3 Å². The molecule has 0 aromatic rings. The van der Waals surface area contributed by atoms with Crippen LogP contribution in [0, 0.1) is 0 Å². The molecule has 0 N–H and O–H groups in total. The number of ether oxygens (including phenoxy) is 1. The SMILES string of the molecule is FC(F)=C(F)OC(F)C(F)(F)C(F)(F)C(F)=C(F)F. The monoisotopic (exact) mass is 310 g/mol. The number of allylic oxidation sites excluding steroid dienone is 1.